The first-order valence-corrected chi connectivity index (χ1v) is 12.1. The van der Waals surface area contributed by atoms with E-state index >= 15 is 0 Å². The molecular formula is C23H32N2O3S. The number of nitrogens with one attached hydrogen (secondary N) is 1. The molecule has 158 valence electrons. The highest BCUT2D eigenvalue weighted by Gasteiger charge is 2.22. The second-order valence-corrected chi connectivity index (χ2v) is 9.33. The van der Waals surface area contributed by atoms with Crippen LogP contribution in [0, 0.1) is 0 Å². The molecule has 6 heteroatoms. The SMILES string of the molecule is O=C(NCCCN1CCOCC1)c1oc2ccccc2c1CSC1CCCCC1. The molecule has 2 fully saturated rings. The fourth-order valence-corrected chi connectivity index (χ4v) is 5.62. The predicted octanol–water partition coefficient (Wildman–Crippen LogP) is 4.45. The van der Waals surface area contributed by atoms with Gasteiger partial charge in [0.25, 0.3) is 5.91 Å². The van der Waals surface area contributed by atoms with Crippen LogP contribution in [-0.2, 0) is 10.5 Å². The molecule has 1 aromatic heterocycles. The number of thioether (sulfide) groups is 1. The fraction of sp³-hybridized carbons (Fsp3) is 0.609. The first kappa shape index (κ1) is 20.8. The Morgan fingerprint density at radius 1 is 1.14 bits per heavy atom. The van der Waals surface area contributed by atoms with E-state index in [9.17, 15) is 4.79 Å². The molecule has 0 atom stereocenters. The van der Waals surface area contributed by atoms with Crippen LogP contribution >= 0.6 is 11.8 Å². The monoisotopic (exact) mass is 416 g/mol. The third-order valence-corrected chi connectivity index (χ3v) is 7.36. The molecule has 0 bridgehead atoms. The maximum Gasteiger partial charge on any atom is 0.287 e. The highest BCUT2D eigenvalue weighted by Crippen LogP contribution is 2.34. The molecule has 0 unspecified atom stereocenters. The Bertz CT molecular complexity index is 795. The fourth-order valence-electron chi connectivity index (χ4n) is 4.27. The second-order valence-electron chi connectivity index (χ2n) is 8.04. The van der Waals surface area contributed by atoms with E-state index in [0.29, 0.717) is 17.6 Å². The van der Waals surface area contributed by atoms with E-state index < -0.39 is 0 Å². The number of carbonyl (C=O) groups excluding carboxylic acids is 1. The van der Waals surface area contributed by atoms with Gasteiger partial charge in [-0.3, -0.25) is 9.69 Å². The van der Waals surface area contributed by atoms with Crippen LogP contribution in [0.4, 0.5) is 0 Å². The van der Waals surface area contributed by atoms with E-state index in [1.807, 2.05) is 30.0 Å². The third-order valence-electron chi connectivity index (χ3n) is 5.96. The molecular weight excluding hydrogens is 384 g/mol. The lowest BCUT2D eigenvalue weighted by molar-refractivity contribution is 0.0374. The molecule has 5 nitrogen and oxygen atoms in total. The molecule has 0 spiro atoms. The predicted molar refractivity (Wildman–Crippen MR) is 119 cm³/mol. The van der Waals surface area contributed by atoms with Gasteiger partial charge in [-0.1, -0.05) is 37.5 Å². The highest BCUT2D eigenvalue weighted by molar-refractivity contribution is 7.99. The summed E-state index contributed by atoms with van der Waals surface area (Å²) < 4.78 is 11.4. The first-order chi connectivity index (χ1) is 14.3. The molecule has 1 saturated carbocycles. The molecule has 1 amide bonds. The zero-order valence-corrected chi connectivity index (χ0v) is 18.0. The van der Waals surface area contributed by atoms with Crippen molar-refractivity contribution < 1.29 is 13.9 Å². The minimum atomic E-state index is -0.0811. The van der Waals surface area contributed by atoms with Gasteiger partial charge in [0.05, 0.1) is 13.2 Å². The van der Waals surface area contributed by atoms with Gasteiger partial charge >= 0.3 is 0 Å². The third kappa shape index (κ3) is 5.56. The van der Waals surface area contributed by atoms with Crippen LogP contribution in [-0.4, -0.2) is 55.4 Å². The van der Waals surface area contributed by atoms with Gasteiger partial charge in [0.15, 0.2) is 5.76 Å². The van der Waals surface area contributed by atoms with Gasteiger partial charge in [-0.25, -0.2) is 0 Å². The molecule has 0 radical (unpaired) electrons. The molecule has 1 aliphatic heterocycles. The number of benzene rings is 1. The van der Waals surface area contributed by atoms with E-state index in [0.717, 1.165) is 61.6 Å². The quantitative estimate of drug-likeness (QED) is 0.644. The average molecular weight is 417 g/mol. The lowest BCUT2D eigenvalue weighted by Gasteiger charge is -2.26. The largest absolute Gasteiger partial charge is 0.451 e. The van der Waals surface area contributed by atoms with Gasteiger partial charge in [0.2, 0.25) is 0 Å². The summed E-state index contributed by atoms with van der Waals surface area (Å²) in [6.45, 7) is 5.26. The van der Waals surface area contributed by atoms with Gasteiger partial charge in [-0.15, -0.1) is 0 Å². The summed E-state index contributed by atoms with van der Waals surface area (Å²) in [5, 5.41) is 4.87. The van der Waals surface area contributed by atoms with Crippen molar-refractivity contribution in [2.24, 2.45) is 0 Å². The number of hydrogen-bond acceptors (Lipinski definition) is 5. The van der Waals surface area contributed by atoms with Crippen LogP contribution < -0.4 is 5.32 Å². The van der Waals surface area contributed by atoms with E-state index in [4.69, 9.17) is 9.15 Å². The van der Waals surface area contributed by atoms with Crippen molar-refractivity contribution in [1.29, 1.82) is 0 Å². The first-order valence-electron chi connectivity index (χ1n) is 11.0. The Morgan fingerprint density at radius 2 is 1.93 bits per heavy atom. The molecule has 2 heterocycles. The summed E-state index contributed by atoms with van der Waals surface area (Å²) in [4.78, 5) is 15.3. The zero-order valence-electron chi connectivity index (χ0n) is 17.2. The van der Waals surface area contributed by atoms with E-state index in [-0.39, 0.29) is 5.91 Å². The summed E-state index contributed by atoms with van der Waals surface area (Å²) >= 11 is 1.99. The van der Waals surface area contributed by atoms with Crippen molar-refractivity contribution in [2.75, 3.05) is 39.4 Å². The minimum absolute atomic E-state index is 0.0811. The van der Waals surface area contributed by atoms with Gasteiger partial charge in [-0.2, -0.15) is 11.8 Å². The van der Waals surface area contributed by atoms with Gasteiger partial charge < -0.3 is 14.5 Å². The Labute approximate surface area is 177 Å². The molecule has 1 saturated heterocycles. The summed E-state index contributed by atoms with van der Waals surface area (Å²) in [5.74, 6) is 1.27. The van der Waals surface area contributed by atoms with Crippen LogP contribution in [0.2, 0.25) is 0 Å². The number of fused-ring (bicyclic) bond motifs is 1. The Hall–Kier alpha value is -1.50. The van der Waals surface area contributed by atoms with Crippen molar-refractivity contribution in [1.82, 2.24) is 10.2 Å². The summed E-state index contributed by atoms with van der Waals surface area (Å²) in [5.41, 5.74) is 1.87. The number of morpholine rings is 1. The van der Waals surface area contributed by atoms with Gasteiger partial charge in [0, 0.05) is 41.6 Å². The Balaban J connectivity index is 1.36. The Morgan fingerprint density at radius 3 is 2.76 bits per heavy atom. The van der Waals surface area contributed by atoms with Crippen LogP contribution in [0.5, 0.6) is 0 Å². The van der Waals surface area contributed by atoms with E-state index in [1.165, 1.54) is 32.1 Å². The minimum Gasteiger partial charge on any atom is -0.451 e. The molecule has 2 aliphatic rings. The maximum atomic E-state index is 12.9. The standard InChI is InChI=1S/C23H32N2O3S/c26-23(24-11-6-12-25-13-15-27-16-14-25)22-20(17-29-18-7-2-1-3-8-18)19-9-4-5-10-21(19)28-22/h4-5,9-10,18H,1-3,6-8,11-17H2,(H,24,26). The molecule has 1 aromatic carbocycles. The smallest absolute Gasteiger partial charge is 0.287 e. The zero-order chi connectivity index (χ0) is 19.9. The number of para-hydroxylation sites is 1. The van der Waals surface area contributed by atoms with Crippen molar-refractivity contribution >= 4 is 28.6 Å². The van der Waals surface area contributed by atoms with Crippen LogP contribution in [0.3, 0.4) is 0 Å². The van der Waals surface area contributed by atoms with Gasteiger partial charge in [-0.05, 0) is 31.9 Å². The molecule has 1 aliphatic carbocycles. The van der Waals surface area contributed by atoms with Crippen molar-refractivity contribution in [2.45, 2.75) is 49.5 Å². The number of rotatable bonds is 8. The van der Waals surface area contributed by atoms with Crippen LogP contribution in [0.25, 0.3) is 11.0 Å². The highest BCUT2D eigenvalue weighted by atomic mass is 32.2. The van der Waals surface area contributed by atoms with E-state index in [1.54, 1.807) is 0 Å². The van der Waals surface area contributed by atoms with E-state index in [2.05, 4.69) is 16.3 Å². The second kappa shape index (κ2) is 10.5. The molecule has 2 aromatic rings. The van der Waals surface area contributed by atoms with Crippen molar-refractivity contribution in [3.05, 3.63) is 35.6 Å². The normalized spacial score (nSPS) is 18.9. The topological polar surface area (TPSA) is 54.7 Å². The number of carbonyl (C=O) groups is 1. The van der Waals surface area contributed by atoms with Crippen LogP contribution in [0.15, 0.2) is 28.7 Å². The van der Waals surface area contributed by atoms with Crippen LogP contribution in [0.1, 0.15) is 54.6 Å². The summed E-state index contributed by atoms with van der Waals surface area (Å²) in [6, 6.07) is 8.02. The Kier molecular flexibility index (Phi) is 7.52. The number of hydrogen-bond donors (Lipinski definition) is 1. The number of ether oxygens (including phenoxy) is 1. The summed E-state index contributed by atoms with van der Waals surface area (Å²) in [7, 11) is 0. The lowest BCUT2D eigenvalue weighted by atomic mass is 10.0. The molecule has 29 heavy (non-hydrogen) atoms. The summed E-state index contributed by atoms with van der Waals surface area (Å²) in [6.07, 6.45) is 7.57. The van der Waals surface area contributed by atoms with Gasteiger partial charge in [0.1, 0.15) is 5.58 Å². The lowest BCUT2D eigenvalue weighted by Crippen LogP contribution is -2.38. The number of nitrogens with zero attached hydrogens (tertiary/aromatic N) is 1. The van der Waals surface area contributed by atoms with Crippen molar-refractivity contribution in [3.8, 4) is 0 Å². The maximum absolute atomic E-state index is 12.9. The van der Waals surface area contributed by atoms with Crippen molar-refractivity contribution in [3.63, 3.8) is 0 Å². The molecule has 4 rings (SSSR count). The molecule has 1 N–H and O–H groups in total. The number of amides is 1. The number of furan rings is 1. The average Bonchev–Trinajstić information content (AvgIpc) is 3.15.